The minimum Gasteiger partial charge on any atom is -0.335 e. The number of hydrogen-bond donors (Lipinski definition) is 1. The molecule has 1 aromatic carbocycles. The van der Waals surface area contributed by atoms with Gasteiger partial charge in [-0.25, -0.2) is 4.39 Å². The van der Waals surface area contributed by atoms with E-state index in [4.69, 9.17) is 5.10 Å². The number of nitrogens with one attached hydrogen (secondary N) is 1. The van der Waals surface area contributed by atoms with E-state index in [2.05, 4.69) is 24.2 Å². The average Bonchev–Trinajstić information content (AvgIpc) is 3.11. The topological polar surface area (TPSA) is 53.4 Å². The molecule has 2 aromatic rings. The van der Waals surface area contributed by atoms with Crippen LogP contribution in [-0.2, 0) is 25.9 Å². The van der Waals surface area contributed by atoms with Crippen LogP contribution in [0.25, 0.3) is 0 Å². The Morgan fingerprint density at radius 1 is 1.24 bits per heavy atom. The van der Waals surface area contributed by atoms with Gasteiger partial charge < -0.3 is 15.1 Å². The van der Waals surface area contributed by atoms with Gasteiger partial charge in [0.2, 0.25) is 0 Å². The smallest absolute Gasteiger partial charge is 0.274 e. The lowest BCUT2D eigenvalue weighted by atomic mass is 9.90. The average molecular weight is 400 g/mol. The molecule has 1 aliphatic heterocycles. The monoisotopic (exact) mass is 399 g/mol. The molecule has 2 heterocycles. The second-order valence-corrected chi connectivity index (χ2v) is 8.10. The van der Waals surface area contributed by atoms with E-state index in [1.807, 2.05) is 21.7 Å². The van der Waals surface area contributed by atoms with E-state index in [0.29, 0.717) is 17.8 Å². The Bertz CT molecular complexity index is 872. The molecule has 6 nitrogen and oxygen atoms in total. The van der Waals surface area contributed by atoms with Crippen molar-refractivity contribution >= 4 is 5.91 Å². The van der Waals surface area contributed by atoms with Crippen LogP contribution in [0.2, 0.25) is 0 Å². The van der Waals surface area contributed by atoms with Gasteiger partial charge in [0.25, 0.3) is 5.91 Å². The number of amides is 1. The highest BCUT2D eigenvalue weighted by atomic mass is 19.1. The van der Waals surface area contributed by atoms with Gasteiger partial charge in [-0.15, -0.1) is 0 Å². The summed E-state index contributed by atoms with van der Waals surface area (Å²) in [5.41, 5.74) is 3.56. The maximum Gasteiger partial charge on any atom is 0.274 e. The number of benzene rings is 1. The van der Waals surface area contributed by atoms with Crippen LogP contribution in [0.1, 0.15) is 40.7 Å². The third-order valence-electron chi connectivity index (χ3n) is 6.18. The van der Waals surface area contributed by atoms with E-state index in [0.717, 1.165) is 57.5 Å². The molecule has 1 amide bonds. The zero-order valence-corrected chi connectivity index (χ0v) is 17.3. The second-order valence-electron chi connectivity index (χ2n) is 8.10. The van der Waals surface area contributed by atoms with Gasteiger partial charge in [-0.3, -0.25) is 9.48 Å². The van der Waals surface area contributed by atoms with Crippen LogP contribution in [0.15, 0.2) is 24.3 Å². The quantitative estimate of drug-likeness (QED) is 0.837. The zero-order valence-electron chi connectivity index (χ0n) is 17.3. The molecule has 1 saturated heterocycles. The summed E-state index contributed by atoms with van der Waals surface area (Å²) >= 11 is 0. The van der Waals surface area contributed by atoms with Crippen LogP contribution in [0.3, 0.4) is 0 Å². The first-order valence-corrected chi connectivity index (χ1v) is 10.6. The molecular formula is C22H30FN5O. The molecule has 2 aliphatic rings. The Hall–Kier alpha value is -2.25. The first-order valence-electron chi connectivity index (χ1n) is 10.6. The maximum atomic E-state index is 13.9. The van der Waals surface area contributed by atoms with E-state index in [-0.39, 0.29) is 17.8 Å². The van der Waals surface area contributed by atoms with Gasteiger partial charge in [0, 0.05) is 62.1 Å². The minimum absolute atomic E-state index is 0.0521. The van der Waals surface area contributed by atoms with Gasteiger partial charge in [0.1, 0.15) is 5.82 Å². The molecule has 7 heteroatoms. The van der Waals surface area contributed by atoms with E-state index in [1.165, 1.54) is 11.8 Å². The Labute approximate surface area is 171 Å². The van der Waals surface area contributed by atoms with Crippen molar-refractivity contribution in [3.8, 4) is 0 Å². The number of fused-ring (bicyclic) bond motifs is 1. The molecule has 1 unspecified atom stereocenters. The molecule has 1 aromatic heterocycles. The zero-order chi connectivity index (χ0) is 20.4. The molecule has 0 bridgehead atoms. The van der Waals surface area contributed by atoms with Crippen LogP contribution < -0.4 is 5.32 Å². The first-order chi connectivity index (χ1) is 14.1. The fourth-order valence-corrected chi connectivity index (χ4v) is 4.35. The SMILES string of the molecule is CCn1nc(C(=O)N2CCN(C)CC2)c2c1CCC(NCc1ccccc1F)C2. The van der Waals surface area contributed by atoms with Crippen LogP contribution in [0.4, 0.5) is 4.39 Å². The molecule has 1 fully saturated rings. The maximum absolute atomic E-state index is 13.9. The van der Waals surface area contributed by atoms with Gasteiger partial charge in [0.15, 0.2) is 5.69 Å². The van der Waals surface area contributed by atoms with E-state index < -0.39 is 0 Å². The Morgan fingerprint density at radius 2 is 2.00 bits per heavy atom. The second kappa shape index (κ2) is 8.63. The molecule has 4 rings (SSSR count). The molecule has 0 saturated carbocycles. The highest BCUT2D eigenvalue weighted by Gasteiger charge is 2.31. The predicted octanol–water partition coefficient (Wildman–Crippen LogP) is 2.08. The van der Waals surface area contributed by atoms with Crippen molar-refractivity contribution in [3.63, 3.8) is 0 Å². The summed E-state index contributed by atoms with van der Waals surface area (Å²) in [5, 5.41) is 8.19. The van der Waals surface area contributed by atoms with Crippen LogP contribution in [-0.4, -0.2) is 64.8 Å². The summed E-state index contributed by atoms with van der Waals surface area (Å²) in [5.74, 6) is -0.127. The number of aryl methyl sites for hydroxylation is 1. The van der Waals surface area contributed by atoms with Gasteiger partial charge in [-0.1, -0.05) is 18.2 Å². The fraction of sp³-hybridized carbons (Fsp3) is 0.545. The molecule has 29 heavy (non-hydrogen) atoms. The number of rotatable bonds is 5. The fourth-order valence-electron chi connectivity index (χ4n) is 4.35. The lowest BCUT2D eigenvalue weighted by Gasteiger charge is -2.32. The van der Waals surface area contributed by atoms with Crippen LogP contribution in [0, 0.1) is 5.82 Å². The molecule has 0 spiro atoms. The third kappa shape index (κ3) is 4.21. The minimum atomic E-state index is -0.179. The summed E-state index contributed by atoms with van der Waals surface area (Å²) in [7, 11) is 2.08. The third-order valence-corrected chi connectivity index (χ3v) is 6.18. The number of halogens is 1. The highest BCUT2D eigenvalue weighted by molar-refractivity contribution is 5.94. The van der Waals surface area contributed by atoms with Gasteiger partial charge in [-0.2, -0.15) is 5.10 Å². The Morgan fingerprint density at radius 3 is 2.72 bits per heavy atom. The number of carbonyl (C=O) groups is 1. The molecular weight excluding hydrogens is 369 g/mol. The predicted molar refractivity (Wildman–Crippen MR) is 110 cm³/mol. The standard InChI is InChI=1S/C22H30FN5O/c1-3-28-20-9-8-17(24-15-16-6-4-5-7-19(16)23)14-18(20)21(25-28)22(29)27-12-10-26(2)11-13-27/h4-7,17,24H,3,8-15H2,1-2H3. The molecule has 1 atom stereocenters. The van der Waals surface area contributed by atoms with Crippen molar-refractivity contribution in [1.29, 1.82) is 0 Å². The van der Waals surface area contributed by atoms with Crippen molar-refractivity contribution < 1.29 is 9.18 Å². The van der Waals surface area contributed by atoms with E-state index >= 15 is 0 Å². The number of piperazine rings is 1. The summed E-state index contributed by atoms with van der Waals surface area (Å²) in [6, 6.07) is 7.09. The van der Waals surface area contributed by atoms with Crippen LogP contribution >= 0.6 is 0 Å². The Kier molecular flexibility index (Phi) is 5.96. The number of carbonyl (C=O) groups excluding carboxylic acids is 1. The number of hydrogen-bond acceptors (Lipinski definition) is 4. The van der Waals surface area contributed by atoms with E-state index in [9.17, 15) is 9.18 Å². The number of nitrogens with zero attached hydrogens (tertiary/aromatic N) is 4. The summed E-state index contributed by atoms with van der Waals surface area (Å²) in [4.78, 5) is 17.4. The highest BCUT2D eigenvalue weighted by Crippen LogP contribution is 2.26. The van der Waals surface area contributed by atoms with Gasteiger partial charge in [0.05, 0.1) is 0 Å². The van der Waals surface area contributed by atoms with Crippen molar-refractivity contribution in [3.05, 3.63) is 52.6 Å². The van der Waals surface area contributed by atoms with Crippen molar-refractivity contribution in [2.24, 2.45) is 0 Å². The lowest BCUT2D eigenvalue weighted by Crippen LogP contribution is -2.47. The molecule has 1 aliphatic carbocycles. The van der Waals surface area contributed by atoms with Crippen molar-refractivity contribution in [2.75, 3.05) is 33.2 Å². The summed E-state index contributed by atoms with van der Waals surface area (Å²) in [6.07, 6.45) is 2.62. The van der Waals surface area contributed by atoms with Gasteiger partial charge in [-0.05, 0) is 39.3 Å². The normalized spacial score (nSPS) is 20.0. The lowest BCUT2D eigenvalue weighted by molar-refractivity contribution is 0.0656. The number of likely N-dealkylation sites (N-methyl/N-ethyl adjacent to an activating group) is 1. The number of aromatic nitrogens is 2. The summed E-state index contributed by atoms with van der Waals surface area (Å²) in [6.45, 7) is 6.63. The largest absolute Gasteiger partial charge is 0.335 e. The van der Waals surface area contributed by atoms with Crippen molar-refractivity contribution in [1.82, 2.24) is 24.9 Å². The molecule has 156 valence electrons. The van der Waals surface area contributed by atoms with Crippen LogP contribution in [0.5, 0.6) is 0 Å². The molecule has 0 radical (unpaired) electrons. The Balaban J connectivity index is 1.49. The van der Waals surface area contributed by atoms with Crippen molar-refractivity contribution in [2.45, 2.75) is 45.3 Å². The van der Waals surface area contributed by atoms with Gasteiger partial charge >= 0.3 is 0 Å². The first kappa shape index (κ1) is 20.0. The molecule has 1 N–H and O–H groups in total. The summed E-state index contributed by atoms with van der Waals surface area (Å²) < 4.78 is 15.9. The van der Waals surface area contributed by atoms with E-state index in [1.54, 1.807) is 6.07 Å².